The maximum atomic E-state index is 14.4. The molecule has 1 saturated heterocycles. The van der Waals surface area contributed by atoms with Gasteiger partial charge in [-0.2, -0.15) is 20.1 Å². The van der Waals surface area contributed by atoms with Gasteiger partial charge in [-0.05, 0) is 31.0 Å². The van der Waals surface area contributed by atoms with Crippen LogP contribution in [0.5, 0.6) is 0 Å². The van der Waals surface area contributed by atoms with E-state index in [9.17, 15) is 8.78 Å². The molecule has 0 saturated carbocycles. The molecule has 32 heavy (non-hydrogen) atoms. The van der Waals surface area contributed by atoms with E-state index in [0.717, 1.165) is 23.9 Å². The van der Waals surface area contributed by atoms with Gasteiger partial charge >= 0.3 is 0 Å². The number of aromatic amines is 1. The zero-order valence-electron chi connectivity index (χ0n) is 16.8. The summed E-state index contributed by atoms with van der Waals surface area (Å²) in [4.78, 5) is 19.0. The van der Waals surface area contributed by atoms with Crippen molar-refractivity contribution in [1.29, 1.82) is 0 Å². The normalized spacial score (nSPS) is 15.8. The highest BCUT2D eigenvalue weighted by Crippen LogP contribution is 2.36. The number of nitrogen functional groups attached to an aromatic ring is 1. The summed E-state index contributed by atoms with van der Waals surface area (Å²) in [5, 5.41) is 10.1. The van der Waals surface area contributed by atoms with E-state index in [1.807, 2.05) is 23.1 Å². The van der Waals surface area contributed by atoms with E-state index in [2.05, 4.69) is 35.5 Å². The van der Waals surface area contributed by atoms with Crippen LogP contribution in [0.1, 0.15) is 24.4 Å². The summed E-state index contributed by atoms with van der Waals surface area (Å²) in [7, 11) is 0. The standard InChI is InChI=1S/C21H19F2N9/c22-12-6-7-13(14(23)10-12)17-5-3-9-32(17)21-28-19(24)27-20(29-21)26-18-11-16(30-31-18)15-4-1-2-8-25-15/h1-2,4,6-8,10-11,17H,3,5,9H2,(H4,24,26,27,28,29,30,31). The van der Waals surface area contributed by atoms with Crippen molar-refractivity contribution in [2.24, 2.45) is 0 Å². The number of nitrogens with two attached hydrogens (primary N) is 1. The number of pyridine rings is 1. The molecule has 0 bridgehead atoms. The van der Waals surface area contributed by atoms with E-state index < -0.39 is 11.6 Å². The molecule has 5 rings (SSSR count). The number of aromatic nitrogens is 6. The van der Waals surface area contributed by atoms with Crippen LogP contribution in [-0.4, -0.2) is 36.7 Å². The van der Waals surface area contributed by atoms with Crippen LogP contribution in [0.25, 0.3) is 11.4 Å². The van der Waals surface area contributed by atoms with Gasteiger partial charge in [0.25, 0.3) is 0 Å². The zero-order valence-corrected chi connectivity index (χ0v) is 16.8. The number of hydrogen-bond acceptors (Lipinski definition) is 8. The van der Waals surface area contributed by atoms with E-state index in [1.54, 1.807) is 12.3 Å². The van der Waals surface area contributed by atoms with Gasteiger partial charge in [-0.25, -0.2) is 8.78 Å². The Hall–Kier alpha value is -4.15. The lowest BCUT2D eigenvalue weighted by molar-refractivity contribution is 0.552. The molecule has 0 aliphatic carbocycles. The molecule has 1 unspecified atom stereocenters. The second-order valence-corrected chi connectivity index (χ2v) is 7.34. The molecule has 4 heterocycles. The Morgan fingerprint density at radius 2 is 2.00 bits per heavy atom. The topological polar surface area (TPSA) is 122 Å². The third kappa shape index (κ3) is 3.92. The van der Waals surface area contributed by atoms with Crippen LogP contribution in [-0.2, 0) is 0 Å². The summed E-state index contributed by atoms with van der Waals surface area (Å²) >= 11 is 0. The maximum Gasteiger partial charge on any atom is 0.235 e. The van der Waals surface area contributed by atoms with E-state index in [4.69, 9.17) is 5.73 Å². The van der Waals surface area contributed by atoms with Crippen molar-refractivity contribution < 1.29 is 8.78 Å². The second kappa shape index (κ2) is 8.17. The molecule has 11 heteroatoms. The highest BCUT2D eigenvalue weighted by Gasteiger charge is 2.31. The fourth-order valence-corrected chi connectivity index (χ4v) is 3.82. The first-order valence-electron chi connectivity index (χ1n) is 10.0. The molecule has 0 radical (unpaired) electrons. The lowest BCUT2D eigenvalue weighted by atomic mass is 10.0. The molecule has 3 aromatic heterocycles. The Bertz CT molecular complexity index is 1250. The van der Waals surface area contributed by atoms with Gasteiger partial charge < -0.3 is 16.0 Å². The van der Waals surface area contributed by atoms with Crippen molar-refractivity contribution >= 4 is 23.7 Å². The van der Waals surface area contributed by atoms with E-state index in [1.165, 1.54) is 12.1 Å². The van der Waals surface area contributed by atoms with Gasteiger partial charge in [0.05, 0.1) is 17.4 Å². The van der Waals surface area contributed by atoms with E-state index in [-0.39, 0.29) is 17.9 Å². The summed E-state index contributed by atoms with van der Waals surface area (Å²) in [6.07, 6.45) is 3.19. The van der Waals surface area contributed by atoms with Crippen LogP contribution in [0.3, 0.4) is 0 Å². The first-order chi connectivity index (χ1) is 15.6. The van der Waals surface area contributed by atoms with Crippen molar-refractivity contribution in [2.75, 3.05) is 22.5 Å². The van der Waals surface area contributed by atoms with Crippen LogP contribution >= 0.6 is 0 Å². The van der Waals surface area contributed by atoms with Crippen molar-refractivity contribution in [3.05, 3.63) is 65.9 Å². The highest BCUT2D eigenvalue weighted by atomic mass is 19.1. The summed E-state index contributed by atoms with van der Waals surface area (Å²) in [5.41, 5.74) is 7.78. The first kappa shape index (κ1) is 19.8. The smallest absolute Gasteiger partial charge is 0.235 e. The molecule has 1 aliphatic rings. The van der Waals surface area contributed by atoms with Gasteiger partial charge in [0, 0.05) is 30.4 Å². The predicted octanol–water partition coefficient (Wildman–Crippen LogP) is 3.60. The third-order valence-corrected chi connectivity index (χ3v) is 5.23. The number of benzene rings is 1. The molecule has 4 N–H and O–H groups in total. The molecular formula is C21H19F2N9. The second-order valence-electron chi connectivity index (χ2n) is 7.34. The maximum absolute atomic E-state index is 14.4. The number of rotatable bonds is 5. The summed E-state index contributed by atoms with van der Waals surface area (Å²) in [6.45, 7) is 0.608. The van der Waals surface area contributed by atoms with Gasteiger partial charge in [-0.3, -0.25) is 10.1 Å². The fraction of sp³-hybridized carbons (Fsp3) is 0.190. The van der Waals surface area contributed by atoms with Crippen molar-refractivity contribution in [3.8, 4) is 11.4 Å². The van der Waals surface area contributed by atoms with E-state index >= 15 is 0 Å². The molecule has 162 valence electrons. The Kier molecular flexibility index (Phi) is 5.06. The Morgan fingerprint density at radius 1 is 1.09 bits per heavy atom. The number of anilines is 4. The molecule has 1 atom stereocenters. The molecule has 9 nitrogen and oxygen atoms in total. The van der Waals surface area contributed by atoms with E-state index in [0.29, 0.717) is 30.3 Å². The predicted molar refractivity (Wildman–Crippen MR) is 115 cm³/mol. The average Bonchev–Trinajstić information content (AvgIpc) is 3.44. The van der Waals surface area contributed by atoms with Crippen LogP contribution < -0.4 is 16.0 Å². The minimum absolute atomic E-state index is 0.0169. The van der Waals surface area contributed by atoms with Crippen molar-refractivity contribution in [2.45, 2.75) is 18.9 Å². The van der Waals surface area contributed by atoms with Gasteiger partial charge in [-0.1, -0.05) is 12.1 Å². The monoisotopic (exact) mass is 435 g/mol. The Morgan fingerprint density at radius 3 is 2.81 bits per heavy atom. The zero-order chi connectivity index (χ0) is 22.1. The fourth-order valence-electron chi connectivity index (χ4n) is 3.82. The lowest BCUT2D eigenvalue weighted by Crippen LogP contribution is -2.26. The average molecular weight is 435 g/mol. The van der Waals surface area contributed by atoms with Crippen LogP contribution in [0.4, 0.5) is 32.4 Å². The molecule has 0 amide bonds. The van der Waals surface area contributed by atoms with Gasteiger partial charge in [0.2, 0.25) is 17.8 Å². The number of nitrogens with one attached hydrogen (secondary N) is 2. The molecule has 0 spiro atoms. The van der Waals surface area contributed by atoms with Crippen LogP contribution in [0.15, 0.2) is 48.7 Å². The van der Waals surface area contributed by atoms with Crippen molar-refractivity contribution in [1.82, 2.24) is 30.1 Å². The molecule has 1 aromatic carbocycles. The van der Waals surface area contributed by atoms with Gasteiger partial charge in [-0.15, -0.1) is 0 Å². The van der Waals surface area contributed by atoms with Crippen LogP contribution in [0.2, 0.25) is 0 Å². The summed E-state index contributed by atoms with van der Waals surface area (Å²) < 4.78 is 27.8. The number of H-pyrrole nitrogens is 1. The molecular weight excluding hydrogens is 416 g/mol. The number of hydrogen-bond donors (Lipinski definition) is 3. The number of halogens is 2. The van der Waals surface area contributed by atoms with Crippen LogP contribution in [0, 0.1) is 11.6 Å². The Balaban J connectivity index is 1.41. The number of nitrogens with zero attached hydrogens (tertiary/aromatic N) is 6. The SMILES string of the molecule is Nc1nc(Nc2cc(-c3ccccn3)[nH]n2)nc(N2CCCC2c2ccc(F)cc2F)n1. The quantitative estimate of drug-likeness (QED) is 0.435. The summed E-state index contributed by atoms with van der Waals surface area (Å²) in [6, 6.07) is 10.6. The first-order valence-corrected chi connectivity index (χ1v) is 10.0. The third-order valence-electron chi connectivity index (χ3n) is 5.23. The summed E-state index contributed by atoms with van der Waals surface area (Å²) in [5.74, 6) is -0.201. The largest absolute Gasteiger partial charge is 0.368 e. The molecule has 1 fully saturated rings. The van der Waals surface area contributed by atoms with Gasteiger partial charge in [0.15, 0.2) is 5.82 Å². The van der Waals surface area contributed by atoms with Gasteiger partial charge in [0.1, 0.15) is 11.6 Å². The lowest BCUT2D eigenvalue weighted by Gasteiger charge is -2.25. The molecule has 1 aliphatic heterocycles. The highest BCUT2D eigenvalue weighted by molar-refractivity contribution is 5.61. The minimum atomic E-state index is -0.615. The minimum Gasteiger partial charge on any atom is -0.368 e. The van der Waals surface area contributed by atoms with Crippen molar-refractivity contribution in [3.63, 3.8) is 0 Å². The molecule has 4 aromatic rings. The Labute approximate surface area is 181 Å².